The Balaban J connectivity index is 1.80. The number of rotatable bonds is 2. The molecule has 0 aromatic heterocycles. The van der Waals surface area contributed by atoms with Crippen LogP contribution in [-0.4, -0.2) is 11.8 Å². The van der Waals surface area contributed by atoms with Crippen molar-refractivity contribution in [1.29, 1.82) is 0 Å². The molecule has 2 aromatic carbocycles. The van der Waals surface area contributed by atoms with Crippen molar-refractivity contribution in [2.75, 3.05) is 5.01 Å². The third kappa shape index (κ3) is 2.09. The van der Waals surface area contributed by atoms with Crippen LogP contribution in [0.4, 0.5) is 5.69 Å². The number of hydrazone groups is 1. The second-order valence-electron chi connectivity index (χ2n) is 5.32. The summed E-state index contributed by atoms with van der Waals surface area (Å²) in [5.74, 6) is 0.317. The van der Waals surface area contributed by atoms with Gasteiger partial charge in [-0.1, -0.05) is 72.8 Å². The largest absolute Gasteiger partial charge is 0.257 e. The van der Waals surface area contributed by atoms with Gasteiger partial charge in [-0.2, -0.15) is 5.10 Å². The van der Waals surface area contributed by atoms with Crippen LogP contribution in [-0.2, 0) is 0 Å². The summed E-state index contributed by atoms with van der Waals surface area (Å²) in [4.78, 5) is 0. The summed E-state index contributed by atoms with van der Waals surface area (Å²) >= 11 is 0. The first-order valence-corrected chi connectivity index (χ1v) is 7.27. The zero-order chi connectivity index (χ0) is 14.1. The average molecular weight is 272 g/mol. The van der Waals surface area contributed by atoms with Crippen molar-refractivity contribution in [2.45, 2.75) is 6.04 Å². The van der Waals surface area contributed by atoms with Gasteiger partial charge < -0.3 is 0 Å². The minimum atomic E-state index is 0.271. The SMILES string of the molecule is C1=C[C@@H]2C(c3ccccc3)=NN(c3ccccc3)[C@@H]2C=C1. The zero-order valence-corrected chi connectivity index (χ0v) is 11.6. The molecule has 2 nitrogen and oxygen atoms in total. The molecule has 1 heterocycles. The van der Waals surface area contributed by atoms with E-state index in [0.29, 0.717) is 5.92 Å². The van der Waals surface area contributed by atoms with Gasteiger partial charge in [-0.3, -0.25) is 5.01 Å². The van der Waals surface area contributed by atoms with Crippen LogP contribution >= 0.6 is 0 Å². The number of hydrogen-bond donors (Lipinski definition) is 0. The Bertz CT molecular complexity index is 714. The number of anilines is 1. The number of benzene rings is 2. The Morgan fingerprint density at radius 3 is 2.19 bits per heavy atom. The molecule has 0 N–H and O–H groups in total. The smallest absolute Gasteiger partial charge is 0.0828 e. The lowest BCUT2D eigenvalue weighted by Gasteiger charge is -2.25. The first-order chi connectivity index (χ1) is 10.4. The van der Waals surface area contributed by atoms with Gasteiger partial charge >= 0.3 is 0 Å². The molecule has 0 saturated carbocycles. The lowest BCUT2D eigenvalue weighted by atomic mass is 9.88. The van der Waals surface area contributed by atoms with Gasteiger partial charge in [0, 0.05) is 5.92 Å². The predicted octanol–water partition coefficient (Wildman–Crippen LogP) is 4.02. The Kier molecular flexibility index (Phi) is 2.93. The summed E-state index contributed by atoms with van der Waals surface area (Å²) in [6, 6.07) is 21.1. The third-order valence-corrected chi connectivity index (χ3v) is 4.01. The number of para-hydroxylation sites is 1. The highest BCUT2D eigenvalue weighted by Crippen LogP contribution is 2.33. The molecule has 0 spiro atoms. The van der Waals surface area contributed by atoms with E-state index in [9.17, 15) is 0 Å². The quantitative estimate of drug-likeness (QED) is 0.806. The minimum absolute atomic E-state index is 0.271. The van der Waals surface area contributed by atoms with Crippen molar-refractivity contribution in [3.63, 3.8) is 0 Å². The molecule has 0 radical (unpaired) electrons. The second-order valence-corrected chi connectivity index (χ2v) is 5.32. The fraction of sp³-hybridized carbons (Fsp3) is 0.105. The van der Waals surface area contributed by atoms with E-state index in [1.54, 1.807) is 0 Å². The van der Waals surface area contributed by atoms with Gasteiger partial charge in [0.25, 0.3) is 0 Å². The van der Waals surface area contributed by atoms with Gasteiger partial charge in [-0.15, -0.1) is 0 Å². The standard InChI is InChI=1S/C19H16N2/c1-3-9-15(10-4-1)19-17-13-7-8-14-18(17)21(20-19)16-11-5-2-6-12-16/h1-14,17-18H/t17-,18+/m0/s1. The molecule has 0 bridgehead atoms. The first kappa shape index (κ1) is 12.2. The fourth-order valence-corrected chi connectivity index (χ4v) is 3.00. The van der Waals surface area contributed by atoms with Gasteiger partial charge in [0.05, 0.1) is 17.4 Å². The molecule has 2 atom stereocenters. The van der Waals surface area contributed by atoms with Crippen molar-refractivity contribution in [1.82, 2.24) is 0 Å². The molecule has 0 fully saturated rings. The fourth-order valence-electron chi connectivity index (χ4n) is 3.00. The van der Waals surface area contributed by atoms with E-state index in [2.05, 4.69) is 77.8 Å². The molecule has 102 valence electrons. The molecule has 2 heteroatoms. The van der Waals surface area contributed by atoms with Gasteiger partial charge in [-0.05, 0) is 17.7 Å². The lowest BCUT2D eigenvalue weighted by Crippen LogP contribution is -2.31. The van der Waals surface area contributed by atoms with E-state index in [1.165, 1.54) is 5.56 Å². The highest BCUT2D eigenvalue weighted by atomic mass is 15.5. The second kappa shape index (κ2) is 5.06. The highest BCUT2D eigenvalue weighted by Gasteiger charge is 2.36. The minimum Gasteiger partial charge on any atom is -0.257 e. The summed E-state index contributed by atoms with van der Waals surface area (Å²) in [6.45, 7) is 0. The molecular weight excluding hydrogens is 256 g/mol. The molecule has 0 amide bonds. The summed E-state index contributed by atoms with van der Waals surface area (Å²) in [7, 11) is 0. The summed E-state index contributed by atoms with van der Waals surface area (Å²) < 4.78 is 0. The molecule has 0 saturated heterocycles. The van der Waals surface area contributed by atoms with Crippen LogP contribution in [0, 0.1) is 5.92 Å². The van der Waals surface area contributed by atoms with Gasteiger partial charge in [-0.25, -0.2) is 0 Å². The number of hydrogen-bond acceptors (Lipinski definition) is 2. The molecule has 2 aliphatic rings. The molecule has 0 unspecified atom stereocenters. The van der Waals surface area contributed by atoms with Crippen LogP contribution in [0.3, 0.4) is 0 Å². The van der Waals surface area contributed by atoms with Crippen LogP contribution in [0.2, 0.25) is 0 Å². The Labute approximate surface area is 124 Å². The van der Waals surface area contributed by atoms with Gasteiger partial charge in [0.15, 0.2) is 0 Å². The molecule has 2 aromatic rings. The maximum absolute atomic E-state index is 4.92. The first-order valence-electron chi connectivity index (χ1n) is 7.27. The lowest BCUT2D eigenvalue weighted by molar-refractivity contribution is 0.696. The van der Waals surface area contributed by atoms with Crippen molar-refractivity contribution >= 4 is 11.4 Å². The van der Waals surface area contributed by atoms with Crippen molar-refractivity contribution < 1.29 is 0 Å². The summed E-state index contributed by atoms with van der Waals surface area (Å²) in [6.07, 6.45) is 8.71. The van der Waals surface area contributed by atoms with Gasteiger partial charge in [0.2, 0.25) is 0 Å². The average Bonchev–Trinajstić information content (AvgIpc) is 2.96. The molecule has 4 rings (SSSR count). The van der Waals surface area contributed by atoms with Crippen LogP contribution in [0.15, 0.2) is 90.1 Å². The monoisotopic (exact) mass is 272 g/mol. The van der Waals surface area contributed by atoms with Crippen LogP contribution in [0.25, 0.3) is 0 Å². The highest BCUT2D eigenvalue weighted by molar-refractivity contribution is 6.06. The predicted molar refractivity (Wildman–Crippen MR) is 87.5 cm³/mol. The van der Waals surface area contributed by atoms with E-state index >= 15 is 0 Å². The van der Waals surface area contributed by atoms with E-state index in [4.69, 9.17) is 5.10 Å². The van der Waals surface area contributed by atoms with E-state index < -0.39 is 0 Å². The Hall–Kier alpha value is -2.61. The third-order valence-electron chi connectivity index (χ3n) is 4.01. The summed E-state index contributed by atoms with van der Waals surface area (Å²) in [5.41, 5.74) is 3.48. The molecular formula is C19H16N2. The van der Waals surface area contributed by atoms with Crippen LogP contribution < -0.4 is 5.01 Å². The van der Waals surface area contributed by atoms with Gasteiger partial charge in [0.1, 0.15) is 0 Å². The molecule has 21 heavy (non-hydrogen) atoms. The Morgan fingerprint density at radius 1 is 0.762 bits per heavy atom. The molecule has 1 aliphatic heterocycles. The number of allylic oxidation sites excluding steroid dienone is 2. The van der Waals surface area contributed by atoms with Crippen molar-refractivity contribution in [3.05, 3.63) is 90.5 Å². The van der Waals surface area contributed by atoms with Crippen LogP contribution in [0.1, 0.15) is 5.56 Å². The maximum atomic E-state index is 4.92. The number of nitrogens with zero attached hydrogens (tertiary/aromatic N) is 2. The Morgan fingerprint density at radius 2 is 1.43 bits per heavy atom. The van der Waals surface area contributed by atoms with E-state index in [0.717, 1.165) is 11.4 Å². The molecule has 1 aliphatic carbocycles. The number of fused-ring (bicyclic) bond motifs is 1. The van der Waals surface area contributed by atoms with Crippen LogP contribution in [0.5, 0.6) is 0 Å². The van der Waals surface area contributed by atoms with E-state index in [1.807, 2.05) is 12.1 Å². The maximum Gasteiger partial charge on any atom is 0.0828 e. The topological polar surface area (TPSA) is 15.6 Å². The van der Waals surface area contributed by atoms with Crippen molar-refractivity contribution in [3.8, 4) is 0 Å². The van der Waals surface area contributed by atoms with Crippen molar-refractivity contribution in [2.24, 2.45) is 11.0 Å². The zero-order valence-electron chi connectivity index (χ0n) is 11.6. The van der Waals surface area contributed by atoms with E-state index in [-0.39, 0.29) is 6.04 Å². The summed E-state index contributed by atoms with van der Waals surface area (Å²) in [5, 5.41) is 7.05. The normalized spacial score (nSPS) is 23.0.